The number of Topliss-reactive ketones (excluding diaryl/α,β-unsaturated/α-hetero) is 2. The van der Waals surface area contributed by atoms with Crippen LogP contribution in [0.1, 0.15) is 71.6 Å². The number of nitrogens with zero attached hydrogens (tertiary/aromatic N) is 1. The SMILES string of the molecule is CCON=C(CC)C1=C(O)CC(c2c(C)c(C)c3c(c2C)C(=O)CO3)CC1=O. The van der Waals surface area contributed by atoms with Gasteiger partial charge in [0.2, 0.25) is 5.78 Å². The monoisotopic (exact) mass is 385 g/mol. The Morgan fingerprint density at radius 1 is 1.11 bits per heavy atom. The quantitative estimate of drug-likeness (QED) is 0.605. The highest BCUT2D eigenvalue weighted by molar-refractivity contribution is 6.23. The number of hydrogen-bond acceptors (Lipinski definition) is 6. The van der Waals surface area contributed by atoms with Gasteiger partial charge in [0.05, 0.1) is 16.8 Å². The number of ketones is 2. The number of fused-ring (bicyclic) bond motifs is 1. The molecule has 1 aliphatic heterocycles. The van der Waals surface area contributed by atoms with Gasteiger partial charge in [0.15, 0.2) is 12.4 Å². The van der Waals surface area contributed by atoms with Crippen LogP contribution in [0.25, 0.3) is 0 Å². The van der Waals surface area contributed by atoms with E-state index >= 15 is 0 Å². The van der Waals surface area contributed by atoms with Gasteiger partial charge in [-0.2, -0.15) is 0 Å². The van der Waals surface area contributed by atoms with E-state index in [-0.39, 0.29) is 41.8 Å². The molecule has 1 unspecified atom stereocenters. The Labute approximate surface area is 165 Å². The van der Waals surface area contributed by atoms with Crippen LogP contribution in [0.3, 0.4) is 0 Å². The molecular weight excluding hydrogens is 358 g/mol. The summed E-state index contributed by atoms with van der Waals surface area (Å²) in [6.07, 6.45) is 1.10. The molecule has 0 radical (unpaired) electrons. The lowest BCUT2D eigenvalue weighted by Crippen LogP contribution is -2.25. The van der Waals surface area contributed by atoms with Crippen LogP contribution in [0.5, 0.6) is 5.75 Å². The van der Waals surface area contributed by atoms with Crippen molar-refractivity contribution in [2.75, 3.05) is 13.2 Å². The van der Waals surface area contributed by atoms with Gasteiger partial charge < -0.3 is 14.7 Å². The zero-order chi connectivity index (χ0) is 20.6. The van der Waals surface area contributed by atoms with Crippen molar-refractivity contribution < 1.29 is 24.3 Å². The van der Waals surface area contributed by atoms with E-state index in [1.807, 2.05) is 34.6 Å². The fourth-order valence-electron chi connectivity index (χ4n) is 4.34. The molecule has 1 aromatic carbocycles. The number of rotatable bonds is 5. The molecule has 1 aromatic rings. The molecule has 0 saturated heterocycles. The number of oxime groups is 1. The number of allylic oxidation sites excluding steroid dienone is 2. The van der Waals surface area contributed by atoms with Crippen LogP contribution in [0.15, 0.2) is 16.5 Å². The topological polar surface area (TPSA) is 85.2 Å². The zero-order valence-corrected chi connectivity index (χ0v) is 17.1. The first kappa shape index (κ1) is 20.1. The van der Waals surface area contributed by atoms with Crippen molar-refractivity contribution in [3.05, 3.63) is 39.1 Å². The number of aliphatic hydroxyl groups is 1. The Morgan fingerprint density at radius 3 is 2.43 bits per heavy atom. The summed E-state index contributed by atoms with van der Waals surface area (Å²) in [5.74, 6) is 0.341. The van der Waals surface area contributed by atoms with Gasteiger partial charge in [0.25, 0.3) is 0 Å². The molecule has 0 bridgehead atoms. The number of carbonyl (C=O) groups is 2. The molecule has 0 aromatic heterocycles. The van der Waals surface area contributed by atoms with Gasteiger partial charge in [0.1, 0.15) is 18.1 Å². The van der Waals surface area contributed by atoms with E-state index in [9.17, 15) is 14.7 Å². The van der Waals surface area contributed by atoms with Crippen LogP contribution < -0.4 is 4.74 Å². The van der Waals surface area contributed by atoms with Crippen molar-refractivity contribution in [2.24, 2.45) is 5.16 Å². The van der Waals surface area contributed by atoms with E-state index in [1.54, 1.807) is 0 Å². The maximum absolute atomic E-state index is 12.9. The predicted molar refractivity (Wildman–Crippen MR) is 106 cm³/mol. The third kappa shape index (κ3) is 3.21. The summed E-state index contributed by atoms with van der Waals surface area (Å²) in [5.41, 5.74) is 5.13. The number of carbonyl (C=O) groups excluding carboxylic acids is 2. The maximum Gasteiger partial charge on any atom is 0.204 e. The van der Waals surface area contributed by atoms with Crippen molar-refractivity contribution in [3.63, 3.8) is 0 Å². The van der Waals surface area contributed by atoms with E-state index in [1.165, 1.54) is 0 Å². The average Bonchev–Trinajstić information content (AvgIpc) is 3.04. The Bertz CT molecular complexity index is 910. The van der Waals surface area contributed by atoms with Crippen LogP contribution in [-0.4, -0.2) is 35.6 Å². The summed E-state index contributed by atoms with van der Waals surface area (Å²) < 4.78 is 5.58. The summed E-state index contributed by atoms with van der Waals surface area (Å²) in [7, 11) is 0. The summed E-state index contributed by atoms with van der Waals surface area (Å²) >= 11 is 0. The highest BCUT2D eigenvalue weighted by Gasteiger charge is 2.36. The lowest BCUT2D eigenvalue weighted by Gasteiger charge is -2.28. The van der Waals surface area contributed by atoms with Crippen molar-refractivity contribution >= 4 is 17.3 Å². The lowest BCUT2D eigenvalue weighted by atomic mass is 9.76. The van der Waals surface area contributed by atoms with Gasteiger partial charge in [0, 0.05) is 12.8 Å². The highest BCUT2D eigenvalue weighted by Crippen LogP contribution is 2.44. The van der Waals surface area contributed by atoms with Gasteiger partial charge in [-0.15, -0.1) is 0 Å². The summed E-state index contributed by atoms with van der Waals surface area (Å²) in [6, 6.07) is 0. The zero-order valence-electron chi connectivity index (χ0n) is 17.1. The molecule has 6 heteroatoms. The first-order chi connectivity index (χ1) is 13.3. The average molecular weight is 385 g/mol. The minimum absolute atomic E-state index is 0.0310. The minimum Gasteiger partial charge on any atom is -0.511 e. The lowest BCUT2D eigenvalue weighted by molar-refractivity contribution is -0.116. The van der Waals surface area contributed by atoms with Gasteiger partial charge in [-0.3, -0.25) is 9.59 Å². The molecule has 0 fully saturated rings. The molecule has 1 heterocycles. The van der Waals surface area contributed by atoms with Crippen LogP contribution in [0.4, 0.5) is 0 Å². The third-order valence-corrected chi connectivity index (χ3v) is 5.71. The Morgan fingerprint density at radius 2 is 1.82 bits per heavy atom. The second-order valence-electron chi connectivity index (χ2n) is 7.36. The van der Waals surface area contributed by atoms with Crippen molar-refractivity contribution in [3.8, 4) is 5.75 Å². The van der Waals surface area contributed by atoms with Gasteiger partial charge >= 0.3 is 0 Å². The third-order valence-electron chi connectivity index (χ3n) is 5.71. The Balaban J connectivity index is 2.05. The first-order valence-corrected chi connectivity index (χ1v) is 9.75. The second kappa shape index (κ2) is 7.78. The number of hydrogen-bond donors (Lipinski definition) is 1. The molecule has 0 spiro atoms. The van der Waals surface area contributed by atoms with Crippen molar-refractivity contribution in [2.45, 2.75) is 59.8 Å². The summed E-state index contributed by atoms with van der Waals surface area (Å²) in [4.78, 5) is 30.3. The summed E-state index contributed by atoms with van der Waals surface area (Å²) in [6.45, 7) is 9.98. The standard InChI is InChI=1S/C22H27NO5/c1-6-15(23-28-7-2)21-16(24)8-14(9-17(21)25)19-11(3)12(4)22-20(13(19)5)18(26)10-27-22/h14,24H,6-10H2,1-5H3. The molecule has 150 valence electrons. The first-order valence-electron chi connectivity index (χ1n) is 9.75. The van der Waals surface area contributed by atoms with Gasteiger partial charge in [-0.25, -0.2) is 0 Å². The highest BCUT2D eigenvalue weighted by atomic mass is 16.6. The molecule has 3 rings (SSSR count). The fraction of sp³-hybridized carbons (Fsp3) is 0.500. The van der Waals surface area contributed by atoms with Crippen molar-refractivity contribution in [1.82, 2.24) is 0 Å². The molecule has 0 amide bonds. The fourth-order valence-corrected chi connectivity index (χ4v) is 4.34. The molecular formula is C22H27NO5. The van der Waals surface area contributed by atoms with E-state index in [4.69, 9.17) is 9.57 Å². The Hall–Kier alpha value is -2.63. The van der Waals surface area contributed by atoms with Crippen molar-refractivity contribution in [1.29, 1.82) is 0 Å². The Kier molecular flexibility index (Phi) is 5.59. The largest absolute Gasteiger partial charge is 0.511 e. The smallest absolute Gasteiger partial charge is 0.204 e. The van der Waals surface area contributed by atoms with Crippen LogP contribution in [-0.2, 0) is 9.63 Å². The summed E-state index contributed by atoms with van der Waals surface area (Å²) in [5, 5.41) is 14.7. The van der Waals surface area contributed by atoms with E-state index < -0.39 is 0 Å². The van der Waals surface area contributed by atoms with E-state index in [0.717, 1.165) is 22.3 Å². The van der Waals surface area contributed by atoms with Crippen LogP contribution in [0, 0.1) is 20.8 Å². The molecule has 2 aliphatic rings. The normalized spacial score (nSPS) is 19.8. The van der Waals surface area contributed by atoms with E-state index in [2.05, 4.69) is 5.16 Å². The van der Waals surface area contributed by atoms with Crippen LogP contribution in [0.2, 0.25) is 0 Å². The molecule has 1 aliphatic carbocycles. The predicted octanol–water partition coefficient (Wildman–Crippen LogP) is 4.25. The molecule has 1 N–H and O–H groups in total. The number of benzene rings is 1. The molecule has 6 nitrogen and oxygen atoms in total. The maximum atomic E-state index is 12.9. The second-order valence-corrected chi connectivity index (χ2v) is 7.36. The molecule has 1 atom stereocenters. The van der Waals surface area contributed by atoms with Crippen LogP contribution >= 0.6 is 0 Å². The van der Waals surface area contributed by atoms with Gasteiger partial charge in [-0.1, -0.05) is 12.1 Å². The molecule has 28 heavy (non-hydrogen) atoms. The van der Waals surface area contributed by atoms with Gasteiger partial charge in [-0.05, 0) is 62.3 Å². The van der Waals surface area contributed by atoms with E-state index in [0.29, 0.717) is 36.5 Å². The number of ether oxygens (including phenoxy) is 1. The molecule has 0 saturated carbocycles. The minimum atomic E-state index is -0.182. The number of aliphatic hydroxyl groups excluding tert-OH is 1.